The van der Waals surface area contributed by atoms with Crippen molar-refractivity contribution < 1.29 is 9.18 Å². The monoisotopic (exact) mass is 324 g/mol. The maximum absolute atomic E-state index is 13.7. The van der Waals surface area contributed by atoms with Crippen LogP contribution in [-0.2, 0) is 13.5 Å². The Hall–Kier alpha value is -2.08. The van der Waals surface area contributed by atoms with Crippen LogP contribution < -0.4 is 5.32 Å². The quantitative estimate of drug-likeness (QED) is 0.917. The first kappa shape index (κ1) is 16.3. The van der Waals surface area contributed by atoms with Crippen molar-refractivity contribution >= 4 is 23.3 Å². The van der Waals surface area contributed by atoms with Crippen LogP contribution in [0.4, 0.5) is 14.9 Å². The minimum atomic E-state index is -0.626. The molecule has 0 spiro atoms. The number of hydrogen-bond acceptors (Lipinski definition) is 2. The highest BCUT2D eigenvalue weighted by atomic mass is 35.5. The molecule has 1 aromatic carbocycles. The van der Waals surface area contributed by atoms with Gasteiger partial charge in [-0.15, -0.1) is 0 Å². The zero-order chi connectivity index (χ0) is 16.1. The molecule has 0 fully saturated rings. The molecule has 2 aromatic rings. The van der Waals surface area contributed by atoms with Crippen molar-refractivity contribution in [2.45, 2.75) is 12.8 Å². The molecular formula is C15H18ClFN4O. The van der Waals surface area contributed by atoms with Gasteiger partial charge in [0.2, 0.25) is 0 Å². The second-order valence-electron chi connectivity index (χ2n) is 5.01. The molecule has 1 heterocycles. The third-order valence-corrected chi connectivity index (χ3v) is 3.65. The van der Waals surface area contributed by atoms with Crippen LogP contribution in [0, 0.1) is 5.82 Å². The summed E-state index contributed by atoms with van der Waals surface area (Å²) < 4.78 is 15.7. The zero-order valence-electron chi connectivity index (χ0n) is 12.5. The van der Waals surface area contributed by atoms with E-state index in [4.69, 9.17) is 11.6 Å². The van der Waals surface area contributed by atoms with E-state index >= 15 is 0 Å². The number of aromatic nitrogens is 2. The van der Waals surface area contributed by atoms with Gasteiger partial charge in [0.15, 0.2) is 5.82 Å². The SMILES string of the molecule is CN(CCCc1nccn1C)C(=O)Nc1cccc(Cl)c1F. The van der Waals surface area contributed by atoms with Gasteiger partial charge in [0.25, 0.3) is 0 Å². The molecule has 2 rings (SSSR count). The maximum atomic E-state index is 13.7. The Bertz CT molecular complexity index is 659. The van der Waals surface area contributed by atoms with Crippen LogP contribution in [0.3, 0.4) is 0 Å². The Morgan fingerprint density at radius 2 is 2.27 bits per heavy atom. The van der Waals surface area contributed by atoms with Crippen LogP contribution in [0.2, 0.25) is 5.02 Å². The van der Waals surface area contributed by atoms with Crippen molar-refractivity contribution in [1.29, 1.82) is 0 Å². The maximum Gasteiger partial charge on any atom is 0.321 e. The van der Waals surface area contributed by atoms with Crippen LogP contribution in [0.1, 0.15) is 12.2 Å². The van der Waals surface area contributed by atoms with Gasteiger partial charge < -0.3 is 14.8 Å². The lowest BCUT2D eigenvalue weighted by Crippen LogP contribution is -2.32. The normalized spacial score (nSPS) is 10.5. The van der Waals surface area contributed by atoms with Crippen molar-refractivity contribution in [2.24, 2.45) is 7.05 Å². The number of urea groups is 1. The lowest BCUT2D eigenvalue weighted by atomic mass is 10.3. The van der Waals surface area contributed by atoms with Gasteiger partial charge in [0.05, 0.1) is 10.7 Å². The molecular weight excluding hydrogens is 307 g/mol. The smallest absolute Gasteiger partial charge is 0.321 e. The van der Waals surface area contributed by atoms with Gasteiger partial charge in [0, 0.05) is 39.5 Å². The van der Waals surface area contributed by atoms with Crippen molar-refractivity contribution in [3.8, 4) is 0 Å². The lowest BCUT2D eigenvalue weighted by Gasteiger charge is -2.18. The Labute approximate surface area is 133 Å². The van der Waals surface area contributed by atoms with Crippen LogP contribution in [0.15, 0.2) is 30.6 Å². The van der Waals surface area contributed by atoms with Crippen molar-refractivity contribution in [3.05, 3.63) is 47.3 Å². The minimum Gasteiger partial charge on any atom is -0.338 e. The second kappa shape index (κ2) is 7.26. The standard InChI is InChI=1S/C15H18ClFN4O/c1-20-10-8-18-13(20)7-4-9-21(2)15(22)19-12-6-3-5-11(16)14(12)17/h3,5-6,8,10H,4,7,9H2,1-2H3,(H,19,22). The second-order valence-corrected chi connectivity index (χ2v) is 5.42. The summed E-state index contributed by atoms with van der Waals surface area (Å²) in [5.41, 5.74) is 0.0773. The van der Waals surface area contributed by atoms with Gasteiger partial charge in [0.1, 0.15) is 5.82 Å². The number of carbonyl (C=O) groups excluding carboxylic acids is 1. The summed E-state index contributed by atoms with van der Waals surface area (Å²) in [7, 11) is 3.59. The van der Waals surface area contributed by atoms with Crippen molar-refractivity contribution in [2.75, 3.05) is 18.9 Å². The molecule has 0 bridgehead atoms. The average molecular weight is 325 g/mol. The lowest BCUT2D eigenvalue weighted by molar-refractivity contribution is 0.221. The van der Waals surface area contributed by atoms with Crippen LogP contribution in [-0.4, -0.2) is 34.1 Å². The predicted molar refractivity (Wildman–Crippen MR) is 84.6 cm³/mol. The number of rotatable bonds is 5. The number of carbonyl (C=O) groups is 1. The molecule has 22 heavy (non-hydrogen) atoms. The van der Waals surface area contributed by atoms with Gasteiger partial charge in [-0.2, -0.15) is 0 Å². The summed E-state index contributed by atoms with van der Waals surface area (Å²) in [5, 5.41) is 2.49. The highest BCUT2D eigenvalue weighted by Gasteiger charge is 2.13. The van der Waals surface area contributed by atoms with Gasteiger partial charge >= 0.3 is 6.03 Å². The van der Waals surface area contributed by atoms with E-state index in [1.807, 2.05) is 17.8 Å². The zero-order valence-corrected chi connectivity index (χ0v) is 13.3. The summed E-state index contributed by atoms with van der Waals surface area (Å²) in [4.78, 5) is 17.7. The number of aryl methyl sites for hydroxylation is 2. The fourth-order valence-corrected chi connectivity index (χ4v) is 2.20. The molecule has 0 saturated heterocycles. The fraction of sp³-hybridized carbons (Fsp3) is 0.333. The molecule has 7 heteroatoms. The number of imidazole rings is 1. The molecule has 0 aliphatic rings. The fourth-order valence-electron chi connectivity index (χ4n) is 2.02. The Balaban J connectivity index is 1.84. The van der Waals surface area contributed by atoms with Gasteiger partial charge in [-0.3, -0.25) is 0 Å². The first-order chi connectivity index (χ1) is 10.5. The van der Waals surface area contributed by atoms with E-state index in [9.17, 15) is 9.18 Å². The molecule has 0 radical (unpaired) electrons. The molecule has 2 amide bonds. The Morgan fingerprint density at radius 1 is 1.50 bits per heavy atom. The highest BCUT2D eigenvalue weighted by molar-refractivity contribution is 6.31. The molecule has 0 aliphatic heterocycles. The van der Waals surface area contributed by atoms with Gasteiger partial charge in [-0.25, -0.2) is 14.2 Å². The van der Waals surface area contributed by atoms with Crippen LogP contribution >= 0.6 is 11.6 Å². The topological polar surface area (TPSA) is 50.2 Å². The first-order valence-electron chi connectivity index (χ1n) is 6.91. The minimum absolute atomic E-state index is 0.0183. The summed E-state index contributed by atoms with van der Waals surface area (Å²) in [6.07, 6.45) is 5.17. The molecule has 5 nitrogen and oxygen atoms in total. The van der Waals surface area contributed by atoms with Crippen LogP contribution in [0.25, 0.3) is 0 Å². The van der Waals surface area contributed by atoms with E-state index in [0.29, 0.717) is 6.54 Å². The van der Waals surface area contributed by atoms with E-state index < -0.39 is 5.82 Å². The molecule has 1 aromatic heterocycles. The van der Waals surface area contributed by atoms with Gasteiger partial charge in [-0.1, -0.05) is 17.7 Å². The largest absolute Gasteiger partial charge is 0.338 e. The third kappa shape index (κ3) is 3.98. The number of benzene rings is 1. The summed E-state index contributed by atoms with van der Waals surface area (Å²) >= 11 is 5.68. The highest BCUT2D eigenvalue weighted by Crippen LogP contribution is 2.22. The number of nitrogens with zero attached hydrogens (tertiary/aromatic N) is 3. The first-order valence-corrected chi connectivity index (χ1v) is 7.29. The summed E-state index contributed by atoms with van der Waals surface area (Å²) in [6.45, 7) is 0.543. The summed E-state index contributed by atoms with van der Waals surface area (Å²) in [5.74, 6) is 0.341. The third-order valence-electron chi connectivity index (χ3n) is 3.35. The van der Waals surface area contributed by atoms with Crippen molar-refractivity contribution in [3.63, 3.8) is 0 Å². The predicted octanol–water partition coefficient (Wildman–Crippen LogP) is 3.31. The molecule has 0 unspecified atom stereocenters. The number of nitrogens with one attached hydrogen (secondary N) is 1. The molecule has 118 valence electrons. The van der Waals surface area contributed by atoms with E-state index in [1.54, 1.807) is 19.3 Å². The van der Waals surface area contributed by atoms with E-state index in [2.05, 4.69) is 10.3 Å². The average Bonchev–Trinajstić information content (AvgIpc) is 2.89. The molecule has 1 N–H and O–H groups in total. The van der Waals surface area contributed by atoms with E-state index in [-0.39, 0.29) is 16.7 Å². The van der Waals surface area contributed by atoms with E-state index in [0.717, 1.165) is 18.7 Å². The Morgan fingerprint density at radius 3 is 2.95 bits per heavy atom. The number of anilines is 1. The number of amides is 2. The van der Waals surface area contributed by atoms with Crippen LogP contribution in [0.5, 0.6) is 0 Å². The Kier molecular flexibility index (Phi) is 5.38. The summed E-state index contributed by atoms with van der Waals surface area (Å²) in [6, 6.07) is 4.12. The van der Waals surface area contributed by atoms with Gasteiger partial charge in [-0.05, 0) is 18.6 Å². The molecule has 0 aliphatic carbocycles. The molecule has 0 saturated carbocycles. The molecule has 0 atom stereocenters. The number of halogens is 2. The van der Waals surface area contributed by atoms with Crippen molar-refractivity contribution in [1.82, 2.24) is 14.5 Å². The van der Waals surface area contributed by atoms with E-state index in [1.165, 1.54) is 17.0 Å². The number of hydrogen-bond donors (Lipinski definition) is 1.